The molecule has 2 aromatic carbocycles. The number of likely N-dealkylation sites (tertiary alicyclic amines) is 1. The first kappa shape index (κ1) is 32.4. The molecular weight excluding hydrogens is 611 g/mol. The molecule has 1 amide bonds. The number of piperazine rings is 1. The molecule has 2 fully saturated rings. The highest BCUT2D eigenvalue weighted by atomic mass is 19.4. The van der Waals surface area contributed by atoms with Crippen molar-refractivity contribution in [1.82, 2.24) is 29.7 Å². The number of amides is 1. The van der Waals surface area contributed by atoms with Crippen LogP contribution in [0.4, 0.5) is 36.3 Å². The normalized spacial score (nSPS) is 16.1. The molecule has 6 rings (SSSR count). The second-order valence-corrected chi connectivity index (χ2v) is 11.9. The van der Waals surface area contributed by atoms with E-state index in [1.807, 2.05) is 6.92 Å². The van der Waals surface area contributed by atoms with Gasteiger partial charge in [-0.15, -0.1) is 0 Å². The second-order valence-electron chi connectivity index (χ2n) is 11.9. The van der Waals surface area contributed by atoms with Crippen LogP contribution < -0.4 is 20.3 Å². The Balaban J connectivity index is 1.14. The number of rotatable bonds is 10. The third kappa shape index (κ3) is 7.71. The molecule has 0 unspecified atom stereocenters. The standard InChI is InChI=1S/C33H38F3N9O2/c1-22-6-7-23(31(46)40-24-8-9-28(47-2)25(19-24)33(34,35)36)18-26(22)41-30-29-27(38-21-39-30)20-37-32(42-29)45-16-14-44(15-17-45)13-5-12-43-10-3-4-11-43/h6-9,18-21H,3-5,10-17H2,1-2H3,(H,40,46)(H,38,39,41). The van der Waals surface area contributed by atoms with Gasteiger partial charge in [0.2, 0.25) is 5.95 Å². The average Bonchev–Trinajstić information content (AvgIpc) is 3.59. The van der Waals surface area contributed by atoms with Crippen LogP contribution in [0.1, 0.15) is 40.7 Å². The van der Waals surface area contributed by atoms with Crippen LogP contribution >= 0.6 is 0 Å². The van der Waals surface area contributed by atoms with Gasteiger partial charge in [0, 0.05) is 43.1 Å². The van der Waals surface area contributed by atoms with Crippen molar-refractivity contribution in [3.8, 4) is 5.75 Å². The van der Waals surface area contributed by atoms with Gasteiger partial charge in [0.05, 0.1) is 18.9 Å². The molecule has 0 saturated carbocycles. The SMILES string of the molecule is COc1ccc(NC(=O)c2ccc(C)c(Nc3ncnc4cnc(N5CCN(CCCN6CCCC6)CC5)nc34)c2)cc1C(F)(F)F. The van der Waals surface area contributed by atoms with Crippen LogP contribution in [0.25, 0.3) is 11.0 Å². The molecule has 4 aromatic rings. The monoisotopic (exact) mass is 649 g/mol. The number of methoxy groups -OCH3 is 1. The van der Waals surface area contributed by atoms with Gasteiger partial charge in [-0.05, 0) is 88.3 Å². The molecule has 4 heterocycles. The van der Waals surface area contributed by atoms with E-state index in [-0.39, 0.29) is 17.0 Å². The van der Waals surface area contributed by atoms with Gasteiger partial charge in [-0.2, -0.15) is 13.2 Å². The molecule has 0 bridgehead atoms. The first-order valence-corrected chi connectivity index (χ1v) is 15.8. The number of nitrogens with one attached hydrogen (secondary N) is 2. The predicted molar refractivity (Wildman–Crippen MR) is 174 cm³/mol. The molecule has 0 aliphatic carbocycles. The predicted octanol–water partition coefficient (Wildman–Crippen LogP) is 5.36. The fraction of sp³-hybridized carbons (Fsp3) is 0.424. The summed E-state index contributed by atoms with van der Waals surface area (Å²) in [5, 5.41) is 5.84. The minimum absolute atomic E-state index is 0.00727. The van der Waals surface area contributed by atoms with E-state index in [0.717, 1.165) is 51.5 Å². The number of hydrogen-bond donors (Lipinski definition) is 2. The topological polar surface area (TPSA) is 112 Å². The van der Waals surface area contributed by atoms with Crippen molar-refractivity contribution in [1.29, 1.82) is 0 Å². The Morgan fingerprint density at radius 1 is 0.936 bits per heavy atom. The summed E-state index contributed by atoms with van der Waals surface area (Å²) in [6.07, 6.45) is 2.29. The number of carbonyl (C=O) groups excluding carboxylic acids is 1. The van der Waals surface area contributed by atoms with Gasteiger partial charge in [0.15, 0.2) is 5.82 Å². The first-order valence-electron chi connectivity index (χ1n) is 15.8. The van der Waals surface area contributed by atoms with Crippen molar-refractivity contribution < 1.29 is 22.7 Å². The summed E-state index contributed by atoms with van der Waals surface area (Å²) in [6.45, 7) is 10.1. The van der Waals surface area contributed by atoms with Crippen molar-refractivity contribution >= 4 is 40.1 Å². The number of fused-ring (bicyclic) bond motifs is 1. The van der Waals surface area contributed by atoms with Gasteiger partial charge in [-0.3, -0.25) is 9.69 Å². The van der Waals surface area contributed by atoms with Gasteiger partial charge in [0.1, 0.15) is 23.1 Å². The number of ether oxygens (including phenoxy) is 1. The van der Waals surface area contributed by atoms with Gasteiger partial charge < -0.3 is 25.2 Å². The largest absolute Gasteiger partial charge is 0.496 e. The number of alkyl halides is 3. The van der Waals surface area contributed by atoms with Gasteiger partial charge in [-0.25, -0.2) is 19.9 Å². The summed E-state index contributed by atoms with van der Waals surface area (Å²) < 4.78 is 45.3. The number of halogens is 3. The molecule has 2 aliphatic heterocycles. The molecule has 14 heteroatoms. The molecule has 2 N–H and O–H groups in total. The van der Waals surface area contributed by atoms with E-state index < -0.39 is 17.6 Å². The molecule has 2 aromatic heterocycles. The smallest absolute Gasteiger partial charge is 0.420 e. The lowest BCUT2D eigenvalue weighted by atomic mass is 10.1. The van der Waals surface area contributed by atoms with Crippen molar-refractivity contribution in [3.05, 3.63) is 65.6 Å². The van der Waals surface area contributed by atoms with E-state index >= 15 is 0 Å². The number of hydrogen-bond acceptors (Lipinski definition) is 10. The molecule has 0 radical (unpaired) electrons. The van der Waals surface area contributed by atoms with E-state index in [1.54, 1.807) is 24.4 Å². The maximum atomic E-state index is 13.5. The maximum Gasteiger partial charge on any atom is 0.420 e. The number of aryl methyl sites for hydroxylation is 1. The minimum atomic E-state index is -4.64. The number of aromatic nitrogens is 4. The van der Waals surface area contributed by atoms with Gasteiger partial charge in [0.25, 0.3) is 5.91 Å². The van der Waals surface area contributed by atoms with E-state index in [4.69, 9.17) is 9.72 Å². The van der Waals surface area contributed by atoms with Crippen LogP contribution in [-0.4, -0.2) is 95.1 Å². The summed E-state index contributed by atoms with van der Waals surface area (Å²) in [7, 11) is 1.16. The third-order valence-electron chi connectivity index (χ3n) is 8.68. The number of anilines is 4. The molecule has 2 saturated heterocycles. The van der Waals surface area contributed by atoms with Crippen molar-refractivity contribution in [3.63, 3.8) is 0 Å². The Morgan fingerprint density at radius 3 is 2.40 bits per heavy atom. The Hall–Kier alpha value is -4.56. The maximum absolute atomic E-state index is 13.5. The molecule has 11 nitrogen and oxygen atoms in total. The third-order valence-corrected chi connectivity index (χ3v) is 8.68. The Kier molecular flexibility index (Phi) is 9.68. The van der Waals surface area contributed by atoms with Crippen LogP contribution in [0.2, 0.25) is 0 Å². The van der Waals surface area contributed by atoms with E-state index in [9.17, 15) is 18.0 Å². The highest BCUT2D eigenvalue weighted by Crippen LogP contribution is 2.38. The lowest BCUT2D eigenvalue weighted by molar-refractivity contribution is -0.138. The molecule has 47 heavy (non-hydrogen) atoms. The zero-order valence-corrected chi connectivity index (χ0v) is 26.5. The molecular formula is C33H38F3N9O2. The molecule has 0 atom stereocenters. The lowest BCUT2D eigenvalue weighted by Gasteiger charge is -2.35. The fourth-order valence-corrected chi connectivity index (χ4v) is 6.02. The van der Waals surface area contributed by atoms with Crippen molar-refractivity contribution in [2.24, 2.45) is 0 Å². The Bertz CT molecular complexity index is 1720. The number of benzene rings is 2. The average molecular weight is 650 g/mol. The lowest BCUT2D eigenvalue weighted by Crippen LogP contribution is -2.47. The highest BCUT2D eigenvalue weighted by molar-refractivity contribution is 6.05. The summed E-state index contributed by atoms with van der Waals surface area (Å²) in [6, 6.07) is 8.36. The second kappa shape index (κ2) is 14.1. The zero-order chi connectivity index (χ0) is 33.0. The van der Waals surface area contributed by atoms with Crippen LogP contribution in [0.15, 0.2) is 48.9 Å². The van der Waals surface area contributed by atoms with Crippen LogP contribution in [0, 0.1) is 6.92 Å². The van der Waals surface area contributed by atoms with Crippen molar-refractivity contribution in [2.45, 2.75) is 32.4 Å². The molecule has 248 valence electrons. The van der Waals surface area contributed by atoms with E-state index in [2.05, 4.69) is 40.3 Å². The Morgan fingerprint density at radius 2 is 1.68 bits per heavy atom. The van der Waals surface area contributed by atoms with Crippen LogP contribution in [0.3, 0.4) is 0 Å². The quantitative estimate of drug-likeness (QED) is 0.233. The molecule has 2 aliphatic rings. The summed E-state index contributed by atoms with van der Waals surface area (Å²) >= 11 is 0. The first-order chi connectivity index (χ1) is 22.7. The van der Waals surface area contributed by atoms with E-state index in [1.165, 1.54) is 57.4 Å². The molecule has 0 spiro atoms. The highest BCUT2D eigenvalue weighted by Gasteiger charge is 2.34. The fourth-order valence-electron chi connectivity index (χ4n) is 6.02. The zero-order valence-electron chi connectivity index (χ0n) is 26.5. The number of nitrogens with zero attached hydrogens (tertiary/aromatic N) is 7. The van der Waals surface area contributed by atoms with Crippen LogP contribution in [0.5, 0.6) is 5.75 Å². The summed E-state index contributed by atoms with van der Waals surface area (Å²) in [5.41, 5.74) is 1.78. The van der Waals surface area contributed by atoms with Gasteiger partial charge in [-0.1, -0.05) is 6.07 Å². The minimum Gasteiger partial charge on any atom is -0.496 e. The Labute approximate surface area is 271 Å². The van der Waals surface area contributed by atoms with E-state index in [0.29, 0.717) is 28.5 Å². The van der Waals surface area contributed by atoms with Crippen LogP contribution in [-0.2, 0) is 6.18 Å². The number of carbonyl (C=O) groups is 1. The van der Waals surface area contributed by atoms with Gasteiger partial charge >= 0.3 is 6.18 Å². The summed E-state index contributed by atoms with van der Waals surface area (Å²) in [4.78, 5) is 38.5. The summed E-state index contributed by atoms with van der Waals surface area (Å²) in [5.74, 6) is 0.157. The van der Waals surface area contributed by atoms with Crippen molar-refractivity contribution in [2.75, 3.05) is 75.0 Å².